The molecule has 94 valence electrons. The molecule has 1 unspecified atom stereocenters. The quantitative estimate of drug-likeness (QED) is 0.632. The lowest BCUT2D eigenvalue weighted by Gasteiger charge is -2.07. The molecule has 0 aliphatic heterocycles. The lowest BCUT2D eigenvalue weighted by Crippen LogP contribution is -2.25. The van der Waals surface area contributed by atoms with E-state index in [2.05, 4.69) is 5.32 Å². The first-order chi connectivity index (χ1) is 8.00. The zero-order chi connectivity index (χ0) is 12.8. The van der Waals surface area contributed by atoms with Crippen molar-refractivity contribution in [2.24, 2.45) is 0 Å². The topological polar surface area (TPSA) is 49.3 Å². The molecular formula is C12H15FINO2. The van der Waals surface area contributed by atoms with Gasteiger partial charge in [0.1, 0.15) is 5.82 Å². The Morgan fingerprint density at radius 1 is 1.59 bits per heavy atom. The van der Waals surface area contributed by atoms with Crippen molar-refractivity contribution >= 4 is 28.5 Å². The van der Waals surface area contributed by atoms with Gasteiger partial charge in [-0.2, -0.15) is 0 Å². The van der Waals surface area contributed by atoms with E-state index in [-0.39, 0.29) is 17.8 Å². The molecule has 2 N–H and O–H groups in total. The molecule has 0 aromatic heterocycles. The van der Waals surface area contributed by atoms with Crippen LogP contribution in [0.4, 0.5) is 4.39 Å². The van der Waals surface area contributed by atoms with Crippen LogP contribution < -0.4 is 5.32 Å². The van der Waals surface area contributed by atoms with Gasteiger partial charge >= 0.3 is 0 Å². The van der Waals surface area contributed by atoms with Crippen molar-refractivity contribution in [3.63, 3.8) is 0 Å². The molecule has 1 aromatic carbocycles. The van der Waals surface area contributed by atoms with E-state index in [1.54, 1.807) is 6.92 Å². The summed E-state index contributed by atoms with van der Waals surface area (Å²) in [7, 11) is 0. The normalized spacial score (nSPS) is 12.2. The molecule has 0 saturated heterocycles. The molecule has 0 heterocycles. The summed E-state index contributed by atoms with van der Waals surface area (Å²) in [6.45, 7) is 2.22. The molecular weight excluding hydrogens is 336 g/mol. The number of amides is 1. The van der Waals surface area contributed by atoms with Gasteiger partial charge in [-0.15, -0.1) is 0 Å². The average Bonchev–Trinajstić information content (AvgIpc) is 2.23. The largest absolute Gasteiger partial charge is 0.393 e. The summed E-state index contributed by atoms with van der Waals surface area (Å²) in [4.78, 5) is 11.7. The predicted octanol–water partition coefficient (Wildman–Crippen LogP) is 2.32. The highest BCUT2D eigenvalue weighted by Gasteiger charge is 2.09. The second-order valence-electron chi connectivity index (χ2n) is 3.87. The van der Waals surface area contributed by atoms with E-state index < -0.39 is 0 Å². The molecule has 0 bridgehead atoms. The Kier molecular flexibility index (Phi) is 5.84. The van der Waals surface area contributed by atoms with Crippen LogP contribution in [-0.4, -0.2) is 23.7 Å². The van der Waals surface area contributed by atoms with Crippen LogP contribution in [0.3, 0.4) is 0 Å². The number of halogens is 2. The number of aliphatic hydroxyl groups is 1. The second-order valence-corrected chi connectivity index (χ2v) is 5.03. The zero-order valence-electron chi connectivity index (χ0n) is 9.54. The molecule has 0 radical (unpaired) electrons. The van der Waals surface area contributed by atoms with Crippen molar-refractivity contribution in [2.75, 3.05) is 6.54 Å². The summed E-state index contributed by atoms with van der Waals surface area (Å²) in [5.41, 5.74) is 0.476. The number of nitrogens with one attached hydrogen (secondary N) is 1. The standard InChI is InChI=1S/C12H15FINO2/c1-8(16)3-2-6-15-12(17)10-5-4-9(13)7-11(10)14/h4-5,7-8,16H,2-3,6H2,1H3,(H,15,17). The second kappa shape index (κ2) is 6.90. The summed E-state index contributed by atoms with van der Waals surface area (Å²) in [6, 6.07) is 4.07. The van der Waals surface area contributed by atoms with Crippen molar-refractivity contribution in [2.45, 2.75) is 25.9 Å². The number of rotatable bonds is 5. The maximum absolute atomic E-state index is 12.8. The van der Waals surface area contributed by atoms with Gasteiger partial charge in [-0.3, -0.25) is 4.79 Å². The number of aliphatic hydroxyl groups excluding tert-OH is 1. The summed E-state index contributed by atoms with van der Waals surface area (Å²) in [5.74, 6) is -0.556. The van der Waals surface area contributed by atoms with Crippen molar-refractivity contribution in [1.29, 1.82) is 0 Å². The molecule has 3 nitrogen and oxygen atoms in total. The number of benzene rings is 1. The zero-order valence-corrected chi connectivity index (χ0v) is 11.7. The first-order valence-electron chi connectivity index (χ1n) is 5.42. The first-order valence-corrected chi connectivity index (χ1v) is 6.50. The van der Waals surface area contributed by atoms with E-state index in [9.17, 15) is 9.18 Å². The minimum Gasteiger partial charge on any atom is -0.393 e. The lowest BCUT2D eigenvalue weighted by molar-refractivity contribution is 0.0948. The third-order valence-corrected chi connectivity index (χ3v) is 3.15. The first kappa shape index (κ1) is 14.4. The molecule has 0 spiro atoms. The number of hydrogen-bond acceptors (Lipinski definition) is 2. The number of carbonyl (C=O) groups is 1. The van der Waals surface area contributed by atoms with E-state index in [0.29, 0.717) is 22.1 Å². The van der Waals surface area contributed by atoms with Gasteiger partial charge in [0.2, 0.25) is 0 Å². The summed E-state index contributed by atoms with van der Waals surface area (Å²) >= 11 is 1.93. The highest BCUT2D eigenvalue weighted by molar-refractivity contribution is 14.1. The van der Waals surface area contributed by atoms with Gasteiger partial charge in [-0.1, -0.05) is 0 Å². The summed E-state index contributed by atoms with van der Waals surface area (Å²) < 4.78 is 13.4. The van der Waals surface area contributed by atoms with E-state index in [4.69, 9.17) is 5.11 Å². The molecule has 1 aromatic rings. The summed E-state index contributed by atoms with van der Waals surface area (Å²) in [5, 5.41) is 11.8. The Bertz CT molecular complexity index is 396. The minimum absolute atomic E-state index is 0.208. The van der Waals surface area contributed by atoms with Crippen LogP contribution in [0.15, 0.2) is 18.2 Å². The molecule has 1 rings (SSSR count). The van der Waals surface area contributed by atoms with Gasteiger partial charge in [-0.25, -0.2) is 4.39 Å². The minimum atomic E-state index is -0.349. The fourth-order valence-electron chi connectivity index (χ4n) is 1.37. The van der Waals surface area contributed by atoms with Crippen LogP contribution in [0.2, 0.25) is 0 Å². The van der Waals surface area contributed by atoms with E-state index in [1.807, 2.05) is 22.6 Å². The predicted molar refractivity (Wildman–Crippen MR) is 72.4 cm³/mol. The highest BCUT2D eigenvalue weighted by atomic mass is 127. The van der Waals surface area contributed by atoms with Gasteiger partial charge in [0.25, 0.3) is 5.91 Å². The Balaban J connectivity index is 2.47. The van der Waals surface area contributed by atoms with Crippen molar-refractivity contribution in [3.05, 3.63) is 33.1 Å². The maximum atomic E-state index is 12.8. The Morgan fingerprint density at radius 2 is 2.29 bits per heavy atom. The fraction of sp³-hybridized carbons (Fsp3) is 0.417. The van der Waals surface area contributed by atoms with Crippen molar-refractivity contribution in [3.8, 4) is 0 Å². The summed E-state index contributed by atoms with van der Waals surface area (Å²) in [6.07, 6.45) is 1.03. The molecule has 1 amide bonds. The molecule has 5 heteroatoms. The third-order valence-electron chi connectivity index (χ3n) is 2.26. The van der Waals surface area contributed by atoms with Crippen LogP contribution in [0.1, 0.15) is 30.1 Å². The van der Waals surface area contributed by atoms with Gasteiger partial charge in [0, 0.05) is 10.1 Å². The molecule has 0 fully saturated rings. The van der Waals surface area contributed by atoms with E-state index in [1.165, 1.54) is 18.2 Å². The average molecular weight is 351 g/mol. The van der Waals surface area contributed by atoms with Crippen LogP contribution in [0.5, 0.6) is 0 Å². The SMILES string of the molecule is CC(O)CCCNC(=O)c1ccc(F)cc1I. The molecule has 17 heavy (non-hydrogen) atoms. The number of carbonyl (C=O) groups excluding carboxylic acids is 1. The maximum Gasteiger partial charge on any atom is 0.252 e. The van der Waals surface area contributed by atoms with Crippen molar-refractivity contribution < 1.29 is 14.3 Å². The van der Waals surface area contributed by atoms with Gasteiger partial charge < -0.3 is 10.4 Å². The van der Waals surface area contributed by atoms with Gasteiger partial charge in [-0.05, 0) is 60.6 Å². The lowest BCUT2D eigenvalue weighted by atomic mass is 10.2. The van der Waals surface area contributed by atoms with E-state index in [0.717, 1.165) is 6.42 Å². The van der Waals surface area contributed by atoms with Crippen LogP contribution in [0.25, 0.3) is 0 Å². The highest BCUT2D eigenvalue weighted by Crippen LogP contribution is 2.13. The van der Waals surface area contributed by atoms with Gasteiger partial charge in [0.05, 0.1) is 11.7 Å². The number of hydrogen-bond donors (Lipinski definition) is 2. The van der Waals surface area contributed by atoms with Crippen LogP contribution in [0, 0.1) is 9.39 Å². The Labute approximate surface area is 114 Å². The molecule has 0 saturated carbocycles. The van der Waals surface area contributed by atoms with E-state index >= 15 is 0 Å². The smallest absolute Gasteiger partial charge is 0.252 e. The molecule has 0 aliphatic carbocycles. The Morgan fingerprint density at radius 3 is 2.88 bits per heavy atom. The van der Waals surface area contributed by atoms with Crippen LogP contribution >= 0.6 is 22.6 Å². The Hall–Kier alpha value is -0.690. The van der Waals surface area contributed by atoms with Crippen LogP contribution in [-0.2, 0) is 0 Å². The third kappa shape index (κ3) is 4.99. The van der Waals surface area contributed by atoms with Crippen molar-refractivity contribution in [1.82, 2.24) is 5.32 Å². The monoisotopic (exact) mass is 351 g/mol. The van der Waals surface area contributed by atoms with Gasteiger partial charge in [0.15, 0.2) is 0 Å². The molecule has 0 aliphatic rings. The molecule has 1 atom stereocenters. The fourth-order valence-corrected chi connectivity index (χ4v) is 2.09.